The van der Waals surface area contributed by atoms with Gasteiger partial charge in [-0.25, -0.2) is 14.4 Å². The summed E-state index contributed by atoms with van der Waals surface area (Å²) in [6, 6.07) is 15.8. The number of nitrogens with zero attached hydrogens (tertiary/aromatic N) is 1. The first-order chi connectivity index (χ1) is 16.4. The zero-order chi connectivity index (χ0) is 26.2. The molecule has 2 atom stereocenters. The molecule has 0 saturated heterocycles. The molecule has 0 fully saturated rings. The average molecular weight is 486 g/mol. The third-order valence-corrected chi connectivity index (χ3v) is 5.11. The first-order valence-corrected chi connectivity index (χ1v) is 11.5. The molecule has 190 valence electrons. The smallest absolute Gasteiger partial charge is 0.410 e. The highest BCUT2D eigenvalue weighted by atomic mass is 16.6. The number of aliphatic carboxylic acids is 1. The molecule has 0 radical (unpaired) electrons. The maximum Gasteiger partial charge on any atom is 0.410 e. The number of hydrogen-bond acceptors (Lipinski definition) is 6. The summed E-state index contributed by atoms with van der Waals surface area (Å²) >= 11 is 0. The molecule has 0 heterocycles. The summed E-state index contributed by atoms with van der Waals surface area (Å²) in [4.78, 5) is 38.4. The van der Waals surface area contributed by atoms with E-state index in [2.05, 4.69) is 0 Å². The van der Waals surface area contributed by atoms with Gasteiger partial charge >= 0.3 is 18.0 Å². The summed E-state index contributed by atoms with van der Waals surface area (Å²) in [6.45, 7) is 8.88. The molecule has 2 aromatic carbocycles. The van der Waals surface area contributed by atoms with Crippen LogP contribution in [0.4, 0.5) is 4.79 Å². The van der Waals surface area contributed by atoms with E-state index in [9.17, 15) is 19.5 Å². The van der Waals surface area contributed by atoms with Gasteiger partial charge in [-0.05, 0) is 44.0 Å². The van der Waals surface area contributed by atoms with Crippen molar-refractivity contribution in [1.82, 2.24) is 4.90 Å². The number of likely N-dealkylation sites (N-methyl/N-ethyl adjacent to an activating group) is 1. The molecule has 0 aliphatic rings. The molecule has 1 amide bonds. The maximum absolute atomic E-state index is 13.0. The van der Waals surface area contributed by atoms with Crippen molar-refractivity contribution >= 4 is 18.0 Å². The third kappa shape index (κ3) is 8.96. The first kappa shape index (κ1) is 27.7. The lowest BCUT2D eigenvalue weighted by atomic mass is 10.0. The van der Waals surface area contributed by atoms with Crippen LogP contribution in [0.1, 0.15) is 45.7 Å². The van der Waals surface area contributed by atoms with Crippen molar-refractivity contribution in [3.63, 3.8) is 0 Å². The van der Waals surface area contributed by atoms with Crippen molar-refractivity contribution in [1.29, 1.82) is 0 Å². The Kier molecular flexibility index (Phi) is 9.68. The quantitative estimate of drug-likeness (QED) is 0.487. The van der Waals surface area contributed by atoms with Crippen molar-refractivity contribution < 1.29 is 33.7 Å². The predicted molar refractivity (Wildman–Crippen MR) is 131 cm³/mol. The van der Waals surface area contributed by atoms with E-state index in [0.29, 0.717) is 12.4 Å². The van der Waals surface area contributed by atoms with Crippen molar-refractivity contribution in [2.75, 3.05) is 7.05 Å². The molecule has 8 heteroatoms. The summed E-state index contributed by atoms with van der Waals surface area (Å²) in [5, 5.41) is 9.43. The molecule has 0 aliphatic heterocycles. The number of carbonyl (C=O) groups is 3. The van der Waals surface area contributed by atoms with E-state index in [1.807, 2.05) is 30.3 Å². The minimum Gasteiger partial charge on any atom is -0.489 e. The summed E-state index contributed by atoms with van der Waals surface area (Å²) in [7, 11) is 1.43. The Morgan fingerprint density at radius 1 is 0.943 bits per heavy atom. The molecule has 0 aromatic heterocycles. The highest BCUT2D eigenvalue weighted by molar-refractivity contribution is 5.84. The maximum atomic E-state index is 13.0. The molecule has 35 heavy (non-hydrogen) atoms. The number of benzene rings is 2. The van der Waals surface area contributed by atoms with Gasteiger partial charge in [-0.15, -0.1) is 0 Å². The fourth-order valence-electron chi connectivity index (χ4n) is 3.20. The Hall–Kier alpha value is -3.55. The Bertz CT molecular complexity index is 981. The van der Waals surface area contributed by atoms with Gasteiger partial charge in [-0.1, -0.05) is 56.3 Å². The van der Waals surface area contributed by atoms with Gasteiger partial charge in [-0.3, -0.25) is 4.90 Å². The minimum atomic E-state index is -1.33. The van der Waals surface area contributed by atoms with E-state index in [-0.39, 0.29) is 6.42 Å². The highest BCUT2D eigenvalue weighted by Crippen LogP contribution is 2.20. The Morgan fingerprint density at radius 2 is 1.54 bits per heavy atom. The van der Waals surface area contributed by atoms with Gasteiger partial charge in [0.05, 0.1) is 0 Å². The molecule has 0 saturated carbocycles. The number of carboxylic acid groups (broad SMARTS) is 1. The molecule has 1 N–H and O–H groups in total. The number of carboxylic acids is 1. The number of amides is 1. The van der Waals surface area contributed by atoms with Gasteiger partial charge in [0, 0.05) is 19.4 Å². The van der Waals surface area contributed by atoms with Crippen LogP contribution in [-0.4, -0.2) is 52.8 Å². The number of carbonyl (C=O) groups excluding carboxylic acids is 2. The standard InChI is InChI=1S/C27H35NO7/c1-18(2)23(24(29)30)34-25(31)22(28(6)26(32)35-27(3,4)5)16-19-12-14-21(15-13-19)33-17-20-10-8-7-9-11-20/h7-15,18,22-23H,16-17H2,1-6H3,(H,29,30)/t22-,23-/m0/s1. The lowest BCUT2D eigenvalue weighted by molar-refractivity contribution is -0.170. The molecule has 8 nitrogen and oxygen atoms in total. The molecule has 0 aliphatic carbocycles. The summed E-state index contributed by atoms with van der Waals surface area (Å²) in [5.41, 5.74) is 1.02. The van der Waals surface area contributed by atoms with Crippen LogP contribution < -0.4 is 4.74 Å². The number of ether oxygens (including phenoxy) is 3. The van der Waals surface area contributed by atoms with E-state index in [1.54, 1.807) is 58.9 Å². The van der Waals surface area contributed by atoms with Gasteiger partial charge in [0.15, 0.2) is 0 Å². The zero-order valence-electron chi connectivity index (χ0n) is 21.2. The lowest BCUT2D eigenvalue weighted by Gasteiger charge is -2.30. The molecule has 0 unspecified atom stereocenters. The molecular formula is C27H35NO7. The average Bonchev–Trinajstić information content (AvgIpc) is 2.79. The van der Waals surface area contributed by atoms with Crippen molar-refractivity contribution in [3.05, 3.63) is 65.7 Å². The predicted octanol–water partition coefficient (Wildman–Crippen LogP) is 4.70. The van der Waals surface area contributed by atoms with E-state index in [0.717, 1.165) is 16.0 Å². The normalized spacial score (nSPS) is 13.0. The van der Waals surface area contributed by atoms with E-state index in [4.69, 9.17) is 14.2 Å². The van der Waals surface area contributed by atoms with Gasteiger partial charge in [0.25, 0.3) is 0 Å². The van der Waals surface area contributed by atoms with E-state index in [1.165, 1.54) is 7.05 Å². The van der Waals surface area contributed by atoms with Gasteiger partial charge in [-0.2, -0.15) is 0 Å². The second kappa shape index (κ2) is 12.2. The second-order valence-electron chi connectivity index (χ2n) is 9.67. The van der Waals surface area contributed by atoms with Crippen LogP contribution in [0.3, 0.4) is 0 Å². The molecule has 0 spiro atoms. The molecule has 0 bridgehead atoms. The second-order valence-corrected chi connectivity index (χ2v) is 9.67. The van der Waals surface area contributed by atoms with Crippen molar-refractivity contribution in [2.45, 2.75) is 65.4 Å². The van der Waals surface area contributed by atoms with Crippen LogP contribution in [0.2, 0.25) is 0 Å². The molecule has 2 aromatic rings. The van der Waals surface area contributed by atoms with Gasteiger partial charge in [0.2, 0.25) is 6.10 Å². The Balaban J connectivity index is 2.18. The SMILES string of the molecule is CC(C)[C@H](OC(=O)[C@H](Cc1ccc(OCc2ccccc2)cc1)N(C)C(=O)OC(C)(C)C)C(=O)O. The van der Waals surface area contributed by atoms with Crippen LogP contribution >= 0.6 is 0 Å². The van der Waals surface area contributed by atoms with Gasteiger partial charge < -0.3 is 19.3 Å². The number of rotatable bonds is 10. The van der Waals surface area contributed by atoms with Crippen molar-refractivity contribution in [3.8, 4) is 5.75 Å². The highest BCUT2D eigenvalue weighted by Gasteiger charge is 2.35. The van der Waals surface area contributed by atoms with Crippen LogP contribution in [0.5, 0.6) is 5.75 Å². The number of hydrogen-bond donors (Lipinski definition) is 1. The first-order valence-electron chi connectivity index (χ1n) is 11.5. The monoisotopic (exact) mass is 485 g/mol. The molecular weight excluding hydrogens is 450 g/mol. The lowest BCUT2D eigenvalue weighted by Crippen LogP contribution is -2.48. The summed E-state index contributed by atoms with van der Waals surface area (Å²) < 4.78 is 16.5. The van der Waals surface area contributed by atoms with Crippen LogP contribution in [0.15, 0.2) is 54.6 Å². The fourth-order valence-corrected chi connectivity index (χ4v) is 3.20. The third-order valence-electron chi connectivity index (χ3n) is 5.11. The van der Waals surface area contributed by atoms with Crippen molar-refractivity contribution in [2.24, 2.45) is 5.92 Å². The summed E-state index contributed by atoms with van der Waals surface area (Å²) in [5.74, 6) is -1.84. The van der Waals surface area contributed by atoms with Gasteiger partial charge in [0.1, 0.15) is 24.0 Å². The Labute approximate surface area is 206 Å². The zero-order valence-corrected chi connectivity index (χ0v) is 21.2. The fraction of sp³-hybridized carbons (Fsp3) is 0.444. The van der Waals surface area contributed by atoms with Crippen LogP contribution in [0.25, 0.3) is 0 Å². The molecule has 2 rings (SSSR count). The van der Waals surface area contributed by atoms with E-state index < -0.39 is 41.7 Å². The largest absolute Gasteiger partial charge is 0.489 e. The number of esters is 1. The minimum absolute atomic E-state index is 0.109. The summed E-state index contributed by atoms with van der Waals surface area (Å²) in [6.07, 6.45) is -1.93. The Morgan fingerprint density at radius 3 is 2.06 bits per heavy atom. The van der Waals surface area contributed by atoms with E-state index >= 15 is 0 Å². The topological polar surface area (TPSA) is 102 Å². The van der Waals surface area contributed by atoms with Crippen LogP contribution in [0, 0.1) is 5.92 Å². The van der Waals surface area contributed by atoms with Crippen LogP contribution in [-0.2, 0) is 32.1 Å².